The molecule has 3 rings (SSSR count). The summed E-state index contributed by atoms with van der Waals surface area (Å²) in [5.41, 5.74) is 13.4. The van der Waals surface area contributed by atoms with Crippen molar-refractivity contribution in [3.05, 3.63) is 53.6 Å². The molecule has 4 N–H and O–H groups in total. The third-order valence-corrected chi connectivity index (χ3v) is 4.04. The van der Waals surface area contributed by atoms with Crippen molar-refractivity contribution in [1.29, 1.82) is 0 Å². The number of ether oxygens (including phenoxy) is 1. The highest BCUT2D eigenvalue weighted by molar-refractivity contribution is 5.90. The minimum Gasteiger partial charge on any atom is -0.457 e. The summed E-state index contributed by atoms with van der Waals surface area (Å²) >= 11 is 0. The van der Waals surface area contributed by atoms with Crippen molar-refractivity contribution >= 4 is 11.6 Å². The summed E-state index contributed by atoms with van der Waals surface area (Å²) in [5, 5.41) is 0. The number of hydrogen-bond donors (Lipinski definition) is 2. The molecule has 1 aliphatic rings. The van der Waals surface area contributed by atoms with Crippen LogP contribution in [0.3, 0.4) is 0 Å². The van der Waals surface area contributed by atoms with Crippen LogP contribution in [0.1, 0.15) is 24.0 Å². The van der Waals surface area contributed by atoms with Crippen LogP contribution in [0.4, 0.5) is 5.69 Å². The quantitative estimate of drug-likeness (QED) is 0.846. The highest BCUT2D eigenvalue weighted by Gasteiger charge is 2.50. The molecule has 0 unspecified atom stereocenters. The molecule has 0 aliphatic heterocycles. The monoisotopic (exact) mass is 282 g/mol. The third-order valence-electron chi connectivity index (χ3n) is 4.04. The van der Waals surface area contributed by atoms with E-state index in [1.54, 1.807) is 6.07 Å². The van der Waals surface area contributed by atoms with E-state index < -0.39 is 5.41 Å². The van der Waals surface area contributed by atoms with Crippen molar-refractivity contribution in [2.24, 2.45) is 5.73 Å². The van der Waals surface area contributed by atoms with Crippen LogP contribution in [0.2, 0.25) is 0 Å². The number of amides is 1. The first kappa shape index (κ1) is 13.5. The maximum atomic E-state index is 11.6. The lowest BCUT2D eigenvalue weighted by Gasteiger charge is -2.14. The van der Waals surface area contributed by atoms with Gasteiger partial charge in [0.1, 0.15) is 11.5 Å². The molecule has 1 saturated carbocycles. The number of anilines is 1. The first-order valence-electron chi connectivity index (χ1n) is 6.96. The summed E-state index contributed by atoms with van der Waals surface area (Å²) in [5.74, 6) is 1.20. The van der Waals surface area contributed by atoms with Crippen LogP contribution in [-0.4, -0.2) is 5.91 Å². The fraction of sp³-hybridized carbons (Fsp3) is 0.235. The lowest BCUT2D eigenvalue weighted by molar-refractivity contribution is -0.120. The Morgan fingerprint density at radius 1 is 1.19 bits per heavy atom. The van der Waals surface area contributed by atoms with Crippen LogP contribution >= 0.6 is 0 Å². The number of nitrogen functional groups attached to an aromatic ring is 1. The average molecular weight is 282 g/mol. The highest BCUT2D eigenvalue weighted by Crippen LogP contribution is 2.48. The molecule has 0 bridgehead atoms. The molecular formula is C17H18N2O2. The number of benzene rings is 2. The average Bonchev–Trinajstić information content (AvgIpc) is 3.24. The second-order valence-electron chi connectivity index (χ2n) is 5.60. The van der Waals surface area contributed by atoms with Gasteiger partial charge < -0.3 is 16.2 Å². The van der Waals surface area contributed by atoms with E-state index in [4.69, 9.17) is 16.2 Å². The van der Waals surface area contributed by atoms with Crippen LogP contribution in [0.25, 0.3) is 0 Å². The third kappa shape index (κ3) is 2.44. The van der Waals surface area contributed by atoms with Crippen molar-refractivity contribution in [3.8, 4) is 11.5 Å². The lowest BCUT2D eigenvalue weighted by Crippen LogP contribution is -2.28. The molecule has 0 heterocycles. The molecular weight excluding hydrogens is 264 g/mol. The second-order valence-corrected chi connectivity index (χ2v) is 5.60. The van der Waals surface area contributed by atoms with Gasteiger partial charge in [-0.15, -0.1) is 0 Å². The molecule has 2 aromatic rings. The van der Waals surface area contributed by atoms with Gasteiger partial charge in [-0.25, -0.2) is 0 Å². The van der Waals surface area contributed by atoms with Crippen molar-refractivity contribution in [2.45, 2.75) is 25.2 Å². The van der Waals surface area contributed by atoms with Crippen molar-refractivity contribution in [2.75, 3.05) is 5.73 Å². The highest BCUT2D eigenvalue weighted by atomic mass is 16.5. The Hall–Kier alpha value is -2.49. The zero-order valence-electron chi connectivity index (χ0n) is 11.9. The van der Waals surface area contributed by atoms with Gasteiger partial charge in [0.25, 0.3) is 0 Å². The molecule has 0 aromatic heterocycles. The van der Waals surface area contributed by atoms with Crippen LogP contribution < -0.4 is 16.2 Å². The van der Waals surface area contributed by atoms with Crippen LogP contribution in [-0.2, 0) is 10.2 Å². The van der Waals surface area contributed by atoms with Gasteiger partial charge in [-0.3, -0.25) is 4.79 Å². The molecule has 0 atom stereocenters. The predicted octanol–water partition coefficient (Wildman–Crippen LogP) is 2.89. The number of primary amides is 1. The number of aryl methyl sites for hydroxylation is 1. The fourth-order valence-electron chi connectivity index (χ4n) is 2.57. The van der Waals surface area contributed by atoms with Gasteiger partial charge in [-0.2, -0.15) is 0 Å². The normalized spacial score (nSPS) is 15.5. The topological polar surface area (TPSA) is 78.3 Å². The smallest absolute Gasteiger partial charge is 0.228 e. The van der Waals surface area contributed by atoms with Gasteiger partial charge in [0, 0.05) is 5.69 Å². The molecule has 1 fully saturated rings. The Balaban J connectivity index is 1.89. The van der Waals surface area contributed by atoms with Gasteiger partial charge in [-0.1, -0.05) is 12.1 Å². The van der Waals surface area contributed by atoms with E-state index in [-0.39, 0.29) is 5.91 Å². The summed E-state index contributed by atoms with van der Waals surface area (Å²) in [6.07, 6.45) is 1.62. The maximum Gasteiger partial charge on any atom is 0.228 e. The minimum absolute atomic E-state index is 0.261. The number of nitrogens with two attached hydrogens (primary N) is 2. The lowest BCUT2D eigenvalue weighted by atomic mass is 9.95. The Morgan fingerprint density at radius 3 is 2.57 bits per heavy atom. The van der Waals surface area contributed by atoms with E-state index in [1.807, 2.05) is 43.3 Å². The first-order valence-corrected chi connectivity index (χ1v) is 6.96. The summed E-state index contributed by atoms with van der Waals surface area (Å²) in [6.45, 7) is 1.95. The molecule has 0 saturated heterocycles. The van der Waals surface area contributed by atoms with Crippen LogP contribution in [0, 0.1) is 6.92 Å². The van der Waals surface area contributed by atoms with Crippen molar-refractivity contribution in [3.63, 3.8) is 0 Å². The van der Waals surface area contributed by atoms with Crippen molar-refractivity contribution in [1.82, 2.24) is 0 Å². The first-order chi connectivity index (χ1) is 10.0. The van der Waals surface area contributed by atoms with Crippen LogP contribution in [0.15, 0.2) is 42.5 Å². The molecule has 4 heteroatoms. The molecule has 0 spiro atoms. The standard InChI is InChI=1S/C17H18N2O2/c1-11-9-13(18)5-6-15(11)21-14-4-2-3-12(10-14)17(7-8-17)16(19)20/h2-6,9-10H,7-8,18H2,1H3,(H2,19,20). The fourth-order valence-corrected chi connectivity index (χ4v) is 2.57. The number of carbonyl (C=O) groups excluding carboxylic acids is 1. The van der Waals surface area contributed by atoms with Gasteiger partial charge in [0.05, 0.1) is 5.41 Å². The predicted molar refractivity (Wildman–Crippen MR) is 82.2 cm³/mol. The van der Waals surface area contributed by atoms with E-state index in [2.05, 4.69) is 0 Å². The van der Waals surface area contributed by atoms with Gasteiger partial charge in [0.15, 0.2) is 0 Å². The minimum atomic E-state index is -0.491. The van der Waals surface area contributed by atoms with Gasteiger partial charge in [0.2, 0.25) is 5.91 Å². The Morgan fingerprint density at radius 2 is 1.95 bits per heavy atom. The van der Waals surface area contributed by atoms with E-state index in [0.29, 0.717) is 11.4 Å². The summed E-state index contributed by atoms with van der Waals surface area (Å²) in [7, 11) is 0. The Kier molecular flexibility index (Phi) is 3.09. The van der Waals surface area contributed by atoms with E-state index >= 15 is 0 Å². The van der Waals surface area contributed by atoms with Gasteiger partial charge >= 0.3 is 0 Å². The molecule has 2 aromatic carbocycles. The van der Waals surface area contributed by atoms with Gasteiger partial charge in [-0.05, 0) is 61.2 Å². The number of rotatable bonds is 4. The maximum absolute atomic E-state index is 11.6. The summed E-state index contributed by atoms with van der Waals surface area (Å²) in [4.78, 5) is 11.6. The van der Waals surface area contributed by atoms with Crippen LogP contribution in [0.5, 0.6) is 11.5 Å². The molecule has 108 valence electrons. The molecule has 1 aliphatic carbocycles. The van der Waals surface area contributed by atoms with E-state index in [0.717, 1.165) is 29.7 Å². The Labute approximate surface area is 123 Å². The molecule has 21 heavy (non-hydrogen) atoms. The molecule has 4 nitrogen and oxygen atoms in total. The summed E-state index contributed by atoms with van der Waals surface area (Å²) < 4.78 is 5.90. The second kappa shape index (κ2) is 4.81. The number of hydrogen-bond acceptors (Lipinski definition) is 3. The number of carbonyl (C=O) groups is 1. The molecule has 1 amide bonds. The van der Waals surface area contributed by atoms with E-state index in [1.165, 1.54) is 0 Å². The SMILES string of the molecule is Cc1cc(N)ccc1Oc1cccc(C2(C(N)=O)CC2)c1. The van der Waals surface area contributed by atoms with E-state index in [9.17, 15) is 4.79 Å². The largest absolute Gasteiger partial charge is 0.457 e. The van der Waals surface area contributed by atoms with Crippen molar-refractivity contribution < 1.29 is 9.53 Å². The Bertz CT molecular complexity index is 706. The molecule has 0 radical (unpaired) electrons. The zero-order chi connectivity index (χ0) is 15.0. The zero-order valence-corrected chi connectivity index (χ0v) is 11.9. The summed E-state index contributed by atoms with van der Waals surface area (Å²) in [6, 6.07) is 13.1.